The number of carboxylic acids is 1. The van der Waals surface area contributed by atoms with Gasteiger partial charge in [0.15, 0.2) is 0 Å². The van der Waals surface area contributed by atoms with Crippen molar-refractivity contribution in [3.63, 3.8) is 0 Å². The molecule has 0 aliphatic heterocycles. The molecule has 76 valence electrons. The summed E-state index contributed by atoms with van der Waals surface area (Å²) in [4.78, 5) is 10.9. The molecule has 0 rings (SSSR count). The molecule has 0 bridgehead atoms. The topological polar surface area (TPSA) is 49.3 Å². The fraction of sp³-hybridized carbons (Fsp3) is 0.778. The van der Waals surface area contributed by atoms with Gasteiger partial charge in [-0.2, -0.15) is 0 Å². The molecule has 0 aromatic heterocycles. The van der Waals surface area contributed by atoms with Crippen LogP contribution in [0.4, 0.5) is 0 Å². The first-order valence-electron chi connectivity index (χ1n) is 4.17. The third kappa shape index (κ3) is 4.39. The highest BCUT2D eigenvalue weighted by Crippen LogP contribution is 2.28. The fourth-order valence-corrected chi connectivity index (χ4v) is 1.94. The van der Waals surface area contributed by atoms with Crippen LogP contribution >= 0.6 is 8.35 Å². The van der Waals surface area contributed by atoms with Crippen LogP contribution in [-0.2, 0) is 4.79 Å². The van der Waals surface area contributed by atoms with E-state index in [1.165, 1.54) is 0 Å². The molecule has 0 saturated heterocycles. The highest BCUT2D eigenvalue weighted by molar-refractivity contribution is 7.34. The maximum absolute atomic E-state index is 10.9. The molecule has 0 amide bonds. The third-order valence-electron chi connectivity index (χ3n) is 1.84. The number of nitrogens with one attached hydrogen (secondary N) is 1. The Morgan fingerprint density at radius 1 is 1.46 bits per heavy atom. The van der Waals surface area contributed by atoms with E-state index in [2.05, 4.69) is 11.4 Å². The summed E-state index contributed by atoms with van der Waals surface area (Å²) in [5.41, 5.74) is -0.883. The van der Waals surface area contributed by atoms with E-state index in [1.54, 1.807) is 13.8 Å². The van der Waals surface area contributed by atoms with Gasteiger partial charge >= 0.3 is 5.97 Å². The Morgan fingerprint density at radius 2 is 1.92 bits per heavy atom. The fourth-order valence-electron chi connectivity index (χ4n) is 1.43. The van der Waals surface area contributed by atoms with Crippen molar-refractivity contribution in [1.29, 1.82) is 0 Å². The smallest absolute Gasteiger partial charge is 0.309 e. The third-order valence-corrected chi connectivity index (χ3v) is 2.61. The second kappa shape index (κ2) is 4.21. The molecule has 0 atom stereocenters. The van der Waals surface area contributed by atoms with Crippen LogP contribution in [0.25, 0.3) is 0 Å². The second-order valence-corrected chi connectivity index (χ2v) is 5.06. The van der Waals surface area contributed by atoms with E-state index in [9.17, 15) is 4.79 Å². The standard InChI is InChI=1S/C9H18NO2P/c1-8(2,7(11)12)6-9(3,4)10-13-5/h10H,5-6H2,1-4H3,(H,11,12). The molecule has 0 spiro atoms. The van der Waals surface area contributed by atoms with Gasteiger partial charge in [-0.1, -0.05) is 6.30 Å². The molecule has 13 heavy (non-hydrogen) atoms. The molecule has 0 radical (unpaired) electrons. The van der Waals surface area contributed by atoms with Crippen LogP contribution in [0.3, 0.4) is 0 Å². The summed E-state index contributed by atoms with van der Waals surface area (Å²) < 4.78 is 0. The van der Waals surface area contributed by atoms with Gasteiger partial charge in [-0.3, -0.25) is 9.88 Å². The van der Waals surface area contributed by atoms with E-state index >= 15 is 0 Å². The molecular formula is C9H18NO2P. The van der Waals surface area contributed by atoms with Crippen molar-refractivity contribution >= 4 is 20.6 Å². The van der Waals surface area contributed by atoms with E-state index in [0.29, 0.717) is 6.42 Å². The highest BCUT2D eigenvalue weighted by atomic mass is 31.1. The Morgan fingerprint density at radius 3 is 2.23 bits per heavy atom. The lowest BCUT2D eigenvalue weighted by molar-refractivity contribution is -0.148. The van der Waals surface area contributed by atoms with E-state index in [-0.39, 0.29) is 5.54 Å². The second-order valence-electron chi connectivity index (χ2n) is 4.52. The van der Waals surface area contributed by atoms with Crippen molar-refractivity contribution in [2.24, 2.45) is 5.41 Å². The van der Waals surface area contributed by atoms with Gasteiger partial charge in [0.1, 0.15) is 0 Å². The number of rotatable bonds is 5. The minimum atomic E-state index is -0.761. The summed E-state index contributed by atoms with van der Waals surface area (Å²) in [5, 5.41) is 12.1. The molecule has 0 aromatic carbocycles. The van der Waals surface area contributed by atoms with Crippen LogP contribution in [0.1, 0.15) is 34.1 Å². The zero-order valence-electron chi connectivity index (χ0n) is 8.72. The summed E-state index contributed by atoms with van der Waals surface area (Å²) in [7, 11) is 0.832. The summed E-state index contributed by atoms with van der Waals surface area (Å²) in [6, 6.07) is 0. The van der Waals surface area contributed by atoms with Crippen LogP contribution in [0.15, 0.2) is 0 Å². The van der Waals surface area contributed by atoms with Crippen LogP contribution in [0.5, 0.6) is 0 Å². The summed E-state index contributed by atoms with van der Waals surface area (Å²) in [5.74, 6) is -0.761. The van der Waals surface area contributed by atoms with Gasteiger partial charge in [0, 0.05) is 5.54 Å². The number of aliphatic carboxylic acids is 1. The molecule has 0 aromatic rings. The first kappa shape index (κ1) is 12.6. The van der Waals surface area contributed by atoms with Gasteiger partial charge < -0.3 is 5.11 Å². The van der Waals surface area contributed by atoms with Crippen molar-refractivity contribution < 1.29 is 9.90 Å². The molecule has 3 nitrogen and oxygen atoms in total. The molecule has 0 unspecified atom stereocenters. The van der Waals surface area contributed by atoms with Gasteiger partial charge in [0.05, 0.1) is 5.41 Å². The number of carboxylic acid groups (broad SMARTS) is 1. The molecule has 0 saturated carbocycles. The Hall–Kier alpha value is -0.400. The number of hydrogen-bond acceptors (Lipinski definition) is 2. The molecule has 0 heterocycles. The Balaban J connectivity index is 4.41. The van der Waals surface area contributed by atoms with E-state index in [4.69, 9.17) is 5.11 Å². The Bertz CT molecular complexity index is 212. The van der Waals surface area contributed by atoms with E-state index < -0.39 is 11.4 Å². The van der Waals surface area contributed by atoms with Crippen LogP contribution < -0.4 is 5.09 Å². The minimum absolute atomic E-state index is 0.189. The maximum atomic E-state index is 10.9. The van der Waals surface area contributed by atoms with Gasteiger partial charge in [0.2, 0.25) is 0 Å². The van der Waals surface area contributed by atoms with Crippen LogP contribution in [-0.4, -0.2) is 22.9 Å². The van der Waals surface area contributed by atoms with Crippen LogP contribution in [0.2, 0.25) is 0 Å². The van der Waals surface area contributed by atoms with E-state index in [1.807, 2.05) is 13.8 Å². The maximum Gasteiger partial charge on any atom is 0.309 e. The zero-order valence-corrected chi connectivity index (χ0v) is 9.61. The first-order valence-corrected chi connectivity index (χ1v) is 5.25. The van der Waals surface area contributed by atoms with Crippen molar-refractivity contribution in [3.05, 3.63) is 0 Å². The van der Waals surface area contributed by atoms with Gasteiger partial charge in [-0.05, 0) is 42.5 Å². The van der Waals surface area contributed by atoms with Crippen LogP contribution in [0, 0.1) is 5.41 Å². The lowest BCUT2D eigenvalue weighted by Crippen LogP contribution is -2.40. The molecule has 4 heteroatoms. The number of hydrogen-bond donors (Lipinski definition) is 2. The van der Waals surface area contributed by atoms with Crippen molar-refractivity contribution in [1.82, 2.24) is 5.09 Å². The molecular weight excluding hydrogens is 185 g/mol. The minimum Gasteiger partial charge on any atom is -0.481 e. The van der Waals surface area contributed by atoms with Crippen molar-refractivity contribution in [2.45, 2.75) is 39.7 Å². The molecule has 0 aliphatic carbocycles. The predicted octanol–water partition coefficient (Wildman–Crippen LogP) is 2.15. The van der Waals surface area contributed by atoms with E-state index in [0.717, 1.165) is 8.35 Å². The van der Waals surface area contributed by atoms with Gasteiger partial charge in [-0.15, -0.1) is 0 Å². The Labute approximate surface area is 81.4 Å². The summed E-state index contributed by atoms with van der Waals surface area (Å²) in [6.07, 6.45) is 4.24. The van der Waals surface area contributed by atoms with Crippen molar-refractivity contribution in [3.8, 4) is 0 Å². The monoisotopic (exact) mass is 203 g/mol. The normalized spacial score (nSPS) is 13.2. The quantitative estimate of drug-likeness (QED) is 0.673. The molecule has 0 aliphatic rings. The van der Waals surface area contributed by atoms with Gasteiger partial charge in [-0.25, -0.2) is 0 Å². The average molecular weight is 203 g/mol. The van der Waals surface area contributed by atoms with Crippen molar-refractivity contribution in [2.75, 3.05) is 0 Å². The lowest BCUT2D eigenvalue weighted by atomic mass is 9.81. The lowest BCUT2D eigenvalue weighted by Gasteiger charge is -2.31. The molecule has 2 N–H and O–H groups in total. The Kier molecular flexibility index (Phi) is 4.08. The predicted molar refractivity (Wildman–Crippen MR) is 57.3 cm³/mol. The summed E-state index contributed by atoms with van der Waals surface area (Å²) in [6.45, 7) is 7.43. The highest BCUT2D eigenvalue weighted by Gasteiger charge is 2.34. The average Bonchev–Trinajstić information content (AvgIpc) is 1.83. The zero-order chi connectivity index (χ0) is 10.7. The molecule has 0 fully saturated rings. The number of carbonyl (C=O) groups is 1. The first-order chi connectivity index (χ1) is 5.71. The summed E-state index contributed by atoms with van der Waals surface area (Å²) >= 11 is 0. The van der Waals surface area contributed by atoms with Gasteiger partial charge in [0.25, 0.3) is 0 Å². The largest absolute Gasteiger partial charge is 0.481 e. The SMILES string of the molecule is C=PNC(C)(C)CC(C)(C)C(=O)O.